The molecule has 0 aromatic carbocycles. The summed E-state index contributed by atoms with van der Waals surface area (Å²) >= 11 is 0. The van der Waals surface area contributed by atoms with Crippen LogP contribution in [0.15, 0.2) is 36.5 Å². The Morgan fingerprint density at radius 1 is 0.278 bits per heavy atom. The third kappa shape index (κ3) is 58.5. The molecular formula is C66H122O6. The second kappa shape index (κ2) is 61.2. The Balaban J connectivity index is 4.07. The minimum Gasteiger partial charge on any atom is -0.462 e. The van der Waals surface area contributed by atoms with E-state index in [1.54, 1.807) is 0 Å². The standard InChI is InChI=1S/C66H122O6/c1-4-7-10-13-16-19-21-23-25-27-28-29-30-31-32-33-34-35-36-37-38-40-41-43-45-47-50-53-56-59-65(68)71-62-63(61-70-64(67)58-55-52-49-18-15-12-9-6-3)72-66(69)60-57-54-51-48-46-44-42-39-26-24-22-20-17-14-11-8-5-2/h17,20,24,26-28,63H,4-16,18-19,21-23,25,29-62H2,1-3H3/b20-17-,26-24-,28-27-. The second-order valence-corrected chi connectivity index (χ2v) is 21.7. The summed E-state index contributed by atoms with van der Waals surface area (Å²) in [6.45, 7) is 6.63. The van der Waals surface area contributed by atoms with Crippen molar-refractivity contribution in [2.45, 2.75) is 354 Å². The lowest BCUT2D eigenvalue weighted by atomic mass is 10.0. The summed E-state index contributed by atoms with van der Waals surface area (Å²) in [5, 5.41) is 0. The van der Waals surface area contributed by atoms with Crippen LogP contribution in [0.4, 0.5) is 0 Å². The molecule has 0 saturated carbocycles. The number of allylic oxidation sites excluding steroid dienone is 6. The first-order valence-corrected chi connectivity index (χ1v) is 32.0. The molecule has 422 valence electrons. The van der Waals surface area contributed by atoms with Gasteiger partial charge < -0.3 is 14.2 Å². The van der Waals surface area contributed by atoms with E-state index in [1.807, 2.05) is 0 Å². The highest BCUT2D eigenvalue weighted by Crippen LogP contribution is 2.17. The Labute approximate surface area is 448 Å². The zero-order chi connectivity index (χ0) is 52.2. The molecule has 0 spiro atoms. The van der Waals surface area contributed by atoms with E-state index < -0.39 is 6.10 Å². The number of carbonyl (C=O) groups is 3. The van der Waals surface area contributed by atoms with Crippen LogP contribution < -0.4 is 0 Å². The fourth-order valence-electron chi connectivity index (χ4n) is 9.53. The Hall–Kier alpha value is -2.37. The zero-order valence-corrected chi connectivity index (χ0v) is 48.5. The lowest BCUT2D eigenvalue weighted by Gasteiger charge is -2.18. The smallest absolute Gasteiger partial charge is 0.306 e. The average molecular weight is 1010 g/mol. The van der Waals surface area contributed by atoms with Crippen LogP contribution in [0.1, 0.15) is 348 Å². The third-order valence-corrected chi connectivity index (χ3v) is 14.4. The van der Waals surface area contributed by atoms with Gasteiger partial charge in [-0.2, -0.15) is 0 Å². The summed E-state index contributed by atoms with van der Waals surface area (Å²) in [7, 11) is 0. The molecule has 1 unspecified atom stereocenters. The van der Waals surface area contributed by atoms with Crippen LogP contribution in [0.3, 0.4) is 0 Å². The summed E-state index contributed by atoms with van der Waals surface area (Å²) in [4.78, 5) is 38.1. The number of hydrogen-bond acceptors (Lipinski definition) is 6. The molecule has 0 aliphatic rings. The molecule has 72 heavy (non-hydrogen) atoms. The molecule has 0 rings (SSSR count). The number of rotatable bonds is 59. The minimum absolute atomic E-state index is 0.0711. The van der Waals surface area contributed by atoms with Gasteiger partial charge in [-0.3, -0.25) is 14.4 Å². The molecule has 6 heteroatoms. The van der Waals surface area contributed by atoms with Gasteiger partial charge in [0.25, 0.3) is 0 Å². The van der Waals surface area contributed by atoms with Gasteiger partial charge in [-0.25, -0.2) is 0 Å². The van der Waals surface area contributed by atoms with Gasteiger partial charge in [-0.15, -0.1) is 0 Å². The number of unbranched alkanes of at least 4 members (excludes halogenated alkanes) is 42. The molecule has 0 aliphatic heterocycles. The van der Waals surface area contributed by atoms with Gasteiger partial charge >= 0.3 is 17.9 Å². The highest BCUT2D eigenvalue weighted by Gasteiger charge is 2.19. The van der Waals surface area contributed by atoms with Gasteiger partial charge in [-0.1, -0.05) is 288 Å². The van der Waals surface area contributed by atoms with Crippen LogP contribution in [0.5, 0.6) is 0 Å². The van der Waals surface area contributed by atoms with E-state index in [1.165, 1.54) is 238 Å². The highest BCUT2D eigenvalue weighted by molar-refractivity contribution is 5.71. The maximum atomic E-state index is 12.8. The van der Waals surface area contributed by atoms with E-state index in [-0.39, 0.29) is 31.1 Å². The van der Waals surface area contributed by atoms with Crippen molar-refractivity contribution in [1.29, 1.82) is 0 Å². The number of esters is 3. The van der Waals surface area contributed by atoms with Crippen molar-refractivity contribution in [3.63, 3.8) is 0 Å². The van der Waals surface area contributed by atoms with E-state index in [9.17, 15) is 14.4 Å². The number of ether oxygens (including phenoxy) is 3. The first kappa shape index (κ1) is 69.6. The van der Waals surface area contributed by atoms with Crippen LogP contribution in [-0.4, -0.2) is 37.2 Å². The van der Waals surface area contributed by atoms with Gasteiger partial charge in [0.1, 0.15) is 13.2 Å². The summed E-state index contributed by atoms with van der Waals surface area (Å²) in [5.74, 6) is -0.864. The second-order valence-electron chi connectivity index (χ2n) is 21.7. The molecule has 0 radical (unpaired) electrons. The van der Waals surface area contributed by atoms with Crippen LogP contribution in [0, 0.1) is 0 Å². The summed E-state index contributed by atoms with van der Waals surface area (Å²) in [6, 6.07) is 0. The maximum Gasteiger partial charge on any atom is 0.306 e. The SMILES string of the molecule is CCCCC/C=C\C/C=C\CCCCCCCCCC(=O)OC(COC(=O)CCCCCCCCCC)COC(=O)CCCCCCCCCCCCCCCCCCC/C=C\CCCCCCCCCC. The van der Waals surface area contributed by atoms with Gasteiger partial charge in [0.2, 0.25) is 0 Å². The number of hydrogen-bond donors (Lipinski definition) is 0. The fraction of sp³-hybridized carbons (Fsp3) is 0.864. The molecule has 0 heterocycles. The molecule has 6 nitrogen and oxygen atoms in total. The third-order valence-electron chi connectivity index (χ3n) is 14.4. The Bertz CT molecular complexity index is 1210. The molecule has 0 aliphatic carbocycles. The van der Waals surface area contributed by atoms with Crippen LogP contribution in [0.2, 0.25) is 0 Å². The topological polar surface area (TPSA) is 78.9 Å². The minimum atomic E-state index is -0.772. The molecule has 0 aromatic heterocycles. The first-order chi connectivity index (χ1) is 35.5. The summed E-state index contributed by atoms with van der Waals surface area (Å²) in [5.41, 5.74) is 0. The largest absolute Gasteiger partial charge is 0.462 e. The first-order valence-electron chi connectivity index (χ1n) is 32.0. The Kier molecular flexibility index (Phi) is 59.2. The average Bonchev–Trinajstić information content (AvgIpc) is 3.38. The van der Waals surface area contributed by atoms with E-state index in [4.69, 9.17) is 14.2 Å². The van der Waals surface area contributed by atoms with E-state index >= 15 is 0 Å². The van der Waals surface area contributed by atoms with E-state index in [0.717, 1.165) is 70.6 Å². The van der Waals surface area contributed by atoms with E-state index in [0.29, 0.717) is 19.3 Å². The van der Waals surface area contributed by atoms with Crippen molar-refractivity contribution in [2.24, 2.45) is 0 Å². The van der Waals surface area contributed by atoms with Crippen LogP contribution in [-0.2, 0) is 28.6 Å². The molecule has 0 amide bonds. The van der Waals surface area contributed by atoms with Crippen LogP contribution in [0.25, 0.3) is 0 Å². The van der Waals surface area contributed by atoms with Crippen molar-refractivity contribution >= 4 is 17.9 Å². The van der Waals surface area contributed by atoms with Crippen molar-refractivity contribution < 1.29 is 28.6 Å². The molecular weight excluding hydrogens is 889 g/mol. The highest BCUT2D eigenvalue weighted by atomic mass is 16.6. The van der Waals surface area contributed by atoms with Crippen molar-refractivity contribution in [3.05, 3.63) is 36.5 Å². The molecule has 0 aromatic rings. The van der Waals surface area contributed by atoms with Gasteiger partial charge in [0, 0.05) is 19.3 Å². The van der Waals surface area contributed by atoms with Gasteiger partial charge in [0.05, 0.1) is 0 Å². The van der Waals surface area contributed by atoms with Crippen molar-refractivity contribution in [1.82, 2.24) is 0 Å². The lowest BCUT2D eigenvalue weighted by Crippen LogP contribution is -2.30. The van der Waals surface area contributed by atoms with Gasteiger partial charge in [-0.05, 0) is 77.0 Å². The summed E-state index contributed by atoms with van der Waals surface area (Å²) < 4.78 is 16.8. The summed E-state index contributed by atoms with van der Waals surface area (Å²) in [6.07, 6.45) is 74.6. The molecule has 0 fully saturated rings. The predicted octanol–water partition coefficient (Wildman–Crippen LogP) is 21.6. The monoisotopic (exact) mass is 1010 g/mol. The maximum absolute atomic E-state index is 12.8. The number of carbonyl (C=O) groups excluding carboxylic acids is 3. The Morgan fingerprint density at radius 2 is 0.500 bits per heavy atom. The van der Waals surface area contributed by atoms with Crippen molar-refractivity contribution in [3.8, 4) is 0 Å². The molecule has 0 bridgehead atoms. The fourth-order valence-corrected chi connectivity index (χ4v) is 9.53. The van der Waals surface area contributed by atoms with Gasteiger partial charge in [0.15, 0.2) is 6.10 Å². The quantitative estimate of drug-likeness (QED) is 0.0261. The van der Waals surface area contributed by atoms with Crippen LogP contribution >= 0.6 is 0 Å². The van der Waals surface area contributed by atoms with Crippen molar-refractivity contribution in [2.75, 3.05) is 13.2 Å². The normalized spacial score (nSPS) is 12.2. The molecule has 0 saturated heterocycles. The Morgan fingerprint density at radius 3 is 0.806 bits per heavy atom. The zero-order valence-electron chi connectivity index (χ0n) is 48.5. The molecule has 1 atom stereocenters. The predicted molar refractivity (Wildman–Crippen MR) is 312 cm³/mol. The molecule has 0 N–H and O–H groups in total. The van der Waals surface area contributed by atoms with E-state index in [2.05, 4.69) is 57.2 Å². The lowest BCUT2D eigenvalue weighted by molar-refractivity contribution is -0.167.